The van der Waals surface area contributed by atoms with Crippen molar-refractivity contribution >= 4 is 23.4 Å². The van der Waals surface area contributed by atoms with Gasteiger partial charge in [0.25, 0.3) is 0 Å². The van der Waals surface area contributed by atoms with E-state index < -0.39 is 18.0 Å². The molecule has 150 valence electrons. The Morgan fingerprint density at radius 3 is 2.10 bits per heavy atom. The maximum Gasteiger partial charge on any atom is 0.328 e. The van der Waals surface area contributed by atoms with Gasteiger partial charge in [-0.1, -0.05) is 48.5 Å². The Labute approximate surface area is 175 Å². The largest absolute Gasteiger partial charge is 0.467 e. The van der Waals surface area contributed by atoms with Crippen LogP contribution in [-0.2, 0) is 16.0 Å². The Morgan fingerprint density at radius 1 is 0.967 bits per heavy atom. The maximum atomic E-state index is 13.2. The molecule has 2 amide bonds. The van der Waals surface area contributed by atoms with Gasteiger partial charge in [-0.2, -0.15) is 5.26 Å². The summed E-state index contributed by atoms with van der Waals surface area (Å²) in [6.45, 7) is 0. The monoisotopic (exact) mass is 399 g/mol. The van der Waals surface area contributed by atoms with Crippen LogP contribution in [0.4, 0.5) is 16.2 Å². The number of esters is 1. The molecule has 3 aromatic carbocycles. The number of ether oxygens (including phenoxy) is 1. The zero-order valence-corrected chi connectivity index (χ0v) is 16.5. The molecule has 30 heavy (non-hydrogen) atoms. The molecule has 0 bridgehead atoms. The lowest BCUT2D eigenvalue weighted by Gasteiger charge is -2.26. The minimum atomic E-state index is -0.911. The number of carbonyl (C=O) groups is 2. The van der Waals surface area contributed by atoms with Gasteiger partial charge in [0.2, 0.25) is 0 Å². The first-order chi connectivity index (χ1) is 14.6. The van der Waals surface area contributed by atoms with Gasteiger partial charge in [0.05, 0.1) is 30.1 Å². The normalized spacial score (nSPS) is 11.1. The molecule has 0 saturated carbocycles. The summed E-state index contributed by atoms with van der Waals surface area (Å²) in [6.07, 6.45) is 0.200. The number of anilines is 2. The van der Waals surface area contributed by atoms with E-state index in [0.29, 0.717) is 16.9 Å². The van der Waals surface area contributed by atoms with Crippen molar-refractivity contribution in [1.29, 1.82) is 5.26 Å². The van der Waals surface area contributed by atoms with Crippen LogP contribution in [0.15, 0.2) is 84.9 Å². The first kappa shape index (κ1) is 20.6. The van der Waals surface area contributed by atoms with Crippen LogP contribution in [0, 0.1) is 11.3 Å². The van der Waals surface area contributed by atoms with Gasteiger partial charge in [0.15, 0.2) is 0 Å². The van der Waals surface area contributed by atoms with Gasteiger partial charge in [-0.05, 0) is 42.0 Å². The van der Waals surface area contributed by atoms with Crippen molar-refractivity contribution in [1.82, 2.24) is 5.32 Å². The number of benzene rings is 3. The molecule has 0 aliphatic heterocycles. The smallest absolute Gasteiger partial charge is 0.328 e. The lowest BCUT2D eigenvalue weighted by atomic mass is 10.0. The average molecular weight is 399 g/mol. The van der Waals surface area contributed by atoms with Crippen molar-refractivity contribution in [3.05, 3.63) is 96.1 Å². The number of hydrogen-bond acceptors (Lipinski definition) is 4. The highest BCUT2D eigenvalue weighted by Gasteiger charge is 2.26. The number of hydrogen-bond donors (Lipinski definition) is 1. The standard InChI is InChI=1S/C24H21N3O3/c1-30-23(28)22(16-18-9-8-10-19(15-18)17-25)26-24(29)27(20-11-4-2-5-12-20)21-13-6-3-7-14-21/h2-15,22H,16H2,1H3,(H,26,29)/t22-/m1/s1. The minimum absolute atomic E-state index is 0.200. The number of rotatable bonds is 6. The fraction of sp³-hybridized carbons (Fsp3) is 0.125. The summed E-state index contributed by atoms with van der Waals surface area (Å²) in [6, 6.07) is 26.0. The number of urea groups is 1. The molecule has 0 spiro atoms. The summed E-state index contributed by atoms with van der Waals surface area (Å²) in [5.74, 6) is -0.563. The molecule has 0 aliphatic carbocycles. The van der Waals surface area contributed by atoms with E-state index in [9.17, 15) is 9.59 Å². The van der Waals surface area contributed by atoms with Crippen molar-refractivity contribution in [2.75, 3.05) is 12.0 Å². The third kappa shape index (κ3) is 5.03. The molecular formula is C24H21N3O3. The summed E-state index contributed by atoms with van der Waals surface area (Å²) in [5, 5.41) is 11.9. The lowest BCUT2D eigenvalue weighted by Crippen LogP contribution is -2.48. The van der Waals surface area contributed by atoms with E-state index in [1.54, 1.807) is 24.3 Å². The van der Waals surface area contributed by atoms with E-state index in [0.717, 1.165) is 5.56 Å². The van der Waals surface area contributed by atoms with Crippen LogP contribution in [0.3, 0.4) is 0 Å². The van der Waals surface area contributed by atoms with Crippen molar-refractivity contribution in [3.63, 3.8) is 0 Å². The highest BCUT2D eigenvalue weighted by Crippen LogP contribution is 2.25. The first-order valence-corrected chi connectivity index (χ1v) is 9.40. The molecule has 6 heteroatoms. The number of nitriles is 1. The Morgan fingerprint density at radius 2 is 1.57 bits per heavy atom. The van der Waals surface area contributed by atoms with E-state index in [-0.39, 0.29) is 6.42 Å². The molecule has 0 heterocycles. The van der Waals surface area contributed by atoms with Crippen LogP contribution >= 0.6 is 0 Å². The second-order valence-corrected chi connectivity index (χ2v) is 6.55. The number of nitrogens with zero attached hydrogens (tertiary/aromatic N) is 2. The molecule has 0 unspecified atom stereocenters. The lowest BCUT2D eigenvalue weighted by molar-refractivity contribution is -0.142. The van der Waals surface area contributed by atoms with Gasteiger partial charge in [0, 0.05) is 6.42 Å². The van der Waals surface area contributed by atoms with Crippen molar-refractivity contribution in [3.8, 4) is 6.07 Å². The number of methoxy groups -OCH3 is 1. The van der Waals surface area contributed by atoms with Crippen LogP contribution in [0.2, 0.25) is 0 Å². The Balaban J connectivity index is 1.88. The number of para-hydroxylation sites is 2. The molecule has 3 rings (SSSR count). The first-order valence-electron chi connectivity index (χ1n) is 9.40. The molecular weight excluding hydrogens is 378 g/mol. The summed E-state index contributed by atoms with van der Waals surface area (Å²) in [7, 11) is 1.28. The Bertz CT molecular complexity index is 1010. The highest BCUT2D eigenvalue weighted by atomic mass is 16.5. The Kier molecular flexibility index (Phi) is 6.80. The number of nitrogens with one attached hydrogen (secondary N) is 1. The van der Waals surface area contributed by atoms with Gasteiger partial charge in [-0.25, -0.2) is 9.59 Å². The molecule has 0 fully saturated rings. The van der Waals surface area contributed by atoms with Crippen molar-refractivity contribution < 1.29 is 14.3 Å². The molecule has 0 saturated heterocycles. The average Bonchev–Trinajstić information content (AvgIpc) is 2.80. The fourth-order valence-electron chi connectivity index (χ4n) is 3.09. The van der Waals surface area contributed by atoms with E-state index in [2.05, 4.69) is 11.4 Å². The van der Waals surface area contributed by atoms with Gasteiger partial charge < -0.3 is 10.1 Å². The second kappa shape index (κ2) is 9.89. The van der Waals surface area contributed by atoms with E-state index in [1.165, 1.54) is 12.0 Å². The van der Waals surface area contributed by atoms with Crippen molar-refractivity contribution in [2.24, 2.45) is 0 Å². The van der Waals surface area contributed by atoms with Crippen LogP contribution in [0.5, 0.6) is 0 Å². The van der Waals surface area contributed by atoms with Gasteiger partial charge >= 0.3 is 12.0 Å². The van der Waals surface area contributed by atoms with Crippen LogP contribution in [0.25, 0.3) is 0 Å². The molecule has 1 atom stereocenters. The topological polar surface area (TPSA) is 82.4 Å². The molecule has 1 N–H and O–H groups in total. The van der Waals surface area contributed by atoms with E-state index in [4.69, 9.17) is 10.00 Å². The summed E-state index contributed by atoms with van der Waals surface area (Å²) >= 11 is 0. The Hall–Kier alpha value is -4.11. The predicted molar refractivity (Wildman–Crippen MR) is 114 cm³/mol. The predicted octanol–water partition coefficient (Wildman–Crippen LogP) is 4.19. The molecule has 0 aliphatic rings. The van der Waals surface area contributed by atoms with Crippen LogP contribution < -0.4 is 10.2 Å². The zero-order valence-electron chi connectivity index (χ0n) is 16.5. The third-order valence-electron chi connectivity index (χ3n) is 4.51. The molecule has 3 aromatic rings. The van der Waals surface area contributed by atoms with Gasteiger partial charge in [-0.3, -0.25) is 4.90 Å². The summed E-state index contributed by atoms with van der Waals surface area (Å²) in [4.78, 5) is 27.1. The maximum absolute atomic E-state index is 13.2. The van der Waals surface area contributed by atoms with E-state index >= 15 is 0 Å². The number of amides is 2. The van der Waals surface area contributed by atoms with Gasteiger partial charge in [-0.15, -0.1) is 0 Å². The van der Waals surface area contributed by atoms with E-state index in [1.807, 2.05) is 60.7 Å². The number of carbonyl (C=O) groups excluding carboxylic acids is 2. The zero-order chi connectivity index (χ0) is 21.3. The van der Waals surface area contributed by atoms with Crippen LogP contribution in [0.1, 0.15) is 11.1 Å². The molecule has 6 nitrogen and oxygen atoms in total. The van der Waals surface area contributed by atoms with Gasteiger partial charge in [0.1, 0.15) is 6.04 Å². The summed E-state index contributed by atoms with van der Waals surface area (Å²) in [5.41, 5.74) is 2.56. The SMILES string of the molecule is COC(=O)[C@@H](Cc1cccc(C#N)c1)NC(=O)N(c1ccccc1)c1ccccc1. The molecule has 0 radical (unpaired) electrons. The van der Waals surface area contributed by atoms with Crippen molar-refractivity contribution in [2.45, 2.75) is 12.5 Å². The quantitative estimate of drug-likeness (QED) is 0.630. The highest BCUT2D eigenvalue weighted by molar-refractivity contribution is 6.01. The minimum Gasteiger partial charge on any atom is -0.467 e. The molecule has 0 aromatic heterocycles. The van der Waals surface area contributed by atoms with Crippen LogP contribution in [-0.4, -0.2) is 25.2 Å². The second-order valence-electron chi connectivity index (χ2n) is 6.55. The third-order valence-corrected chi connectivity index (χ3v) is 4.51. The summed E-state index contributed by atoms with van der Waals surface area (Å²) < 4.78 is 4.90. The fourth-order valence-corrected chi connectivity index (χ4v) is 3.09.